The van der Waals surface area contributed by atoms with Crippen LogP contribution in [0.2, 0.25) is 0 Å². The van der Waals surface area contributed by atoms with Gasteiger partial charge in [0, 0.05) is 9.75 Å². The first-order valence-electron chi connectivity index (χ1n) is 7.50. The first kappa shape index (κ1) is 15.3. The first-order chi connectivity index (χ1) is 10.4. The average Bonchev–Trinajstić information content (AvgIpc) is 2.84. The topological polar surface area (TPSA) is 57.5 Å². The maximum absolute atomic E-state index is 11.9. The Kier molecular flexibility index (Phi) is 3.83. The minimum absolute atomic E-state index is 0.0801. The molecule has 0 bridgehead atoms. The molecule has 0 radical (unpaired) electrons. The van der Waals surface area contributed by atoms with Gasteiger partial charge in [0.25, 0.3) is 0 Å². The van der Waals surface area contributed by atoms with Gasteiger partial charge in [-0.25, -0.2) is 4.79 Å². The number of aryl methyl sites for hydroxylation is 1. The molecular weight excluding hydrogens is 296 g/mol. The molecule has 1 aromatic heterocycles. The Balaban J connectivity index is 2.21. The normalized spacial score (nSPS) is 16.3. The van der Waals surface area contributed by atoms with Crippen LogP contribution in [0.1, 0.15) is 46.6 Å². The van der Waals surface area contributed by atoms with E-state index in [1.54, 1.807) is 11.3 Å². The van der Waals surface area contributed by atoms with Crippen molar-refractivity contribution in [1.29, 1.82) is 0 Å². The maximum atomic E-state index is 11.9. The summed E-state index contributed by atoms with van der Waals surface area (Å²) in [6.07, 6.45) is 2.83. The molecule has 0 aliphatic heterocycles. The molecule has 0 atom stereocenters. The zero-order chi connectivity index (χ0) is 15.9. The summed E-state index contributed by atoms with van der Waals surface area (Å²) in [4.78, 5) is 13.9. The van der Waals surface area contributed by atoms with Gasteiger partial charge < -0.3 is 10.2 Å². The fourth-order valence-corrected chi connectivity index (χ4v) is 4.59. The Morgan fingerprint density at radius 3 is 2.73 bits per heavy atom. The van der Waals surface area contributed by atoms with E-state index in [0.29, 0.717) is 5.56 Å². The fraction of sp³-hybridized carbons (Fsp3) is 0.389. The second kappa shape index (κ2) is 5.52. The number of aromatic carboxylic acids is 1. The molecule has 0 amide bonds. The van der Waals surface area contributed by atoms with Gasteiger partial charge in [-0.1, -0.05) is 38.1 Å². The molecule has 4 heteroatoms. The van der Waals surface area contributed by atoms with Gasteiger partial charge in [0.1, 0.15) is 0 Å². The van der Waals surface area contributed by atoms with Crippen LogP contribution in [0.15, 0.2) is 24.3 Å². The monoisotopic (exact) mass is 316 g/mol. The van der Waals surface area contributed by atoms with E-state index in [0.717, 1.165) is 40.8 Å². The number of carbonyl (C=O) groups is 1. The first-order valence-corrected chi connectivity index (χ1v) is 8.31. The van der Waals surface area contributed by atoms with E-state index in [1.165, 1.54) is 4.88 Å². The van der Waals surface area contributed by atoms with E-state index in [2.05, 4.69) is 13.8 Å². The molecule has 22 heavy (non-hydrogen) atoms. The molecular formula is C18H20O3S. The average molecular weight is 316 g/mol. The van der Waals surface area contributed by atoms with E-state index in [9.17, 15) is 15.0 Å². The van der Waals surface area contributed by atoms with Crippen molar-refractivity contribution in [2.45, 2.75) is 39.7 Å². The zero-order valence-corrected chi connectivity index (χ0v) is 13.7. The van der Waals surface area contributed by atoms with E-state index in [-0.39, 0.29) is 12.0 Å². The van der Waals surface area contributed by atoms with Crippen molar-refractivity contribution in [3.05, 3.63) is 45.8 Å². The van der Waals surface area contributed by atoms with Crippen molar-refractivity contribution in [3.8, 4) is 10.4 Å². The van der Waals surface area contributed by atoms with E-state index in [4.69, 9.17) is 0 Å². The van der Waals surface area contributed by atoms with E-state index in [1.807, 2.05) is 24.3 Å². The molecule has 0 spiro atoms. The highest BCUT2D eigenvalue weighted by molar-refractivity contribution is 7.16. The molecule has 0 saturated heterocycles. The number of hydrogen-bond acceptors (Lipinski definition) is 3. The van der Waals surface area contributed by atoms with Gasteiger partial charge in [0.05, 0.1) is 12.2 Å². The predicted molar refractivity (Wildman–Crippen MR) is 88.4 cm³/mol. The Morgan fingerprint density at radius 2 is 2.05 bits per heavy atom. The Morgan fingerprint density at radius 1 is 1.32 bits per heavy atom. The van der Waals surface area contributed by atoms with Gasteiger partial charge >= 0.3 is 5.97 Å². The van der Waals surface area contributed by atoms with Crippen molar-refractivity contribution in [2.75, 3.05) is 0 Å². The Hall–Kier alpha value is -1.65. The molecule has 0 saturated carbocycles. The molecule has 1 aliphatic rings. The van der Waals surface area contributed by atoms with Crippen molar-refractivity contribution < 1.29 is 15.0 Å². The molecule has 2 N–H and O–H groups in total. The molecule has 1 aromatic carbocycles. The zero-order valence-electron chi connectivity index (χ0n) is 12.8. The number of carboxylic acids is 1. The van der Waals surface area contributed by atoms with Gasteiger partial charge in [-0.15, -0.1) is 11.3 Å². The van der Waals surface area contributed by atoms with Crippen LogP contribution in [-0.2, 0) is 19.4 Å². The minimum Gasteiger partial charge on any atom is -0.478 e. The molecule has 0 unspecified atom stereocenters. The fourth-order valence-electron chi connectivity index (χ4n) is 3.22. The SMILES string of the molecule is CC1(C)CCc2sc(-c3ccccc3CO)c(C(=O)O)c2C1. The van der Waals surface area contributed by atoms with Crippen LogP contribution in [0, 0.1) is 5.41 Å². The molecule has 116 valence electrons. The van der Waals surface area contributed by atoms with Crippen LogP contribution in [0.25, 0.3) is 10.4 Å². The van der Waals surface area contributed by atoms with Crippen molar-refractivity contribution in [3.63, 3.8) is 0 Å². The lowest BCUT2D eigenvalue weighted by atomic mass is 9.76. The summed E-state index contributed by atoms with van der Waals surface area (Å²) < 4.78 is 0. The number of aliphatic hydroxyl groups is 1. The number of aliphatic hydroxyl groups excluding tert-OH is 1. The summed E-state index contributed by atoms with van der Waals surface area (Å²) in [5.74, 6) is -0.863. The highest BCUT2D eigenvalue weighted by Crippen LogP contribution is 2.45. The standard InChI is InChI=1S/C18H20O3S/c1-18(2)8-7-14-13(9-18)15(17(20)21)16(22-14)12-6-4-3-5-11(12)10-19/h3-6,19H,7-10H2,1-2H3,(H,20,21). The highest BCUT2D eigenvalue weighted by atomic mass is 32.1. The lowest BCUT2D eigenvalue weighted by Gasteiger charge is -2.29. The molecule has 3 rings (SSSR count). The molecule has 2 aromatic rings. The van der Waals surface area contributed by atoms with Crippen LogP contribution >= 0.6 is 11.3 Å². The minimum atomic E-state index is -0.863. The second-order valence-corrected chi connectivity index (χ2v) is 7.77. The lowest BCUT2D eigenvalue weighted by molar-refractivity contribution is 0.0696. The summed E-state index contributed by atoms with van der Waals surface area (Å²) in [7, 11) is 0. The van der Waals surface area contributed by atoms with Crippen molar-refractivity contribution in [2.24, 2.45) is 5.41 Å². The smallest absolute Gasteiger partial charge is 0.337 e. The van der Waals surface area contributed by atoms with Gasteiger partial charge in [-0.05, 0) is 41.4 Å². The number of rotatable bonds is 3. The van der Waals surface area contributed by atoms with Gasteiger partial charge in [0.2, 0.25) is 0 Å². The number of fused-ring (bicyclic) bond motifs is 1. The third-order valence-electron chi connectivity index (χ3n) is 4.42. The number of hydrogen-bond donors (Lipinski definition) is 2. The van der Waals surface area contributed by atoms with Gasteiger partial charge in [-0.3, -0.25) is 0 Å². The summed E-state index contributed by atoms with van der Waals surface area (Å²) in [6, 6.07) is 7.51. The van der Waals surface area contributed by atoms with E-state index < -0.39 is 5.97 Å². The van der Waals surface area contributed by atoms with Crippen molar-refractivity contribution >= 4 is 17.3 Å². The number of thiophene rings is 1. The summed E-state index contributed by atoms with van der Waals surface area (Å²) in [5, 5.41) is 19.3. The lowest BCUT2D eigenvalue weighted by Crippen LogP contribution is -2.22. The molecule has 1 aliphatic carbocycles. The third kappa shape index (κ3) is 2.57. The van der Waals surface area contributed by atoms with Crippen LogP contribution < -0.4 is 0 Å². The van der Waals surface area contributed by atoms with Crippen LogP contribution in [0.4, 0.5) is 0 Å². The summed E-state index contributed by atoms with van der Waals surface area (Å²) >= 11 is 1.58. The summed E-state index contributed by atoms with van der Waals surface area (Å²) in [5.41, 5.74) is 3.21. The van der Waals surface area contributed by atoms with Crippen molar-refractivity contribution in [1.82, 2.24) is 0 Å². The number of benzene rings is 1. The number of carboxylic acid groups (broad SMARTS) is 1. The second-order valence-electron chi connectivity index (χ2n) is 6.67. The Labute approximate surface area is 134 Å². The Bertz CT molecular complexity index is 728. The molecule has 0 fully saturated rings. The molecule has 3 nitrogen and oxygen atoms in total. The third-order valence-corrected chi connectivity index (χ3v) is 5.75. The van der Waals surface area contributed by atoms with Gasteiger partial charge in [-0.2, -0.15) is 0 Å². The quantitative estimate of drug-likeness (QED) is 0.895. The highest BCUT2D eigenvalue weighted by Gasteiger charge is 2.33. The van der Waals surface area contributed by atoms with Crippen LogP contribution in [0.3, 0.4) is 0 Å². The van der Waals surface area contributed by atoms with Gasteiger partial charge in [0.15, 0.2) is 0 Å². The van der Waals surface area contributed by atoms with Crippen LogP contribution in [0.5, 0.6) is 0 Å². The van der Waals surface area contributed by atoms with Crippen LogP contribution in [-0.4, -0.2) is 16.2 Å². The molecule has 1 heterocycles. The summed E-state index contributed by atoms with van der Waals surface area (Å²) in [6.45, 7) is 4.31. The largest absolute Gasteiger partial charge is 0.478 e. The predicted octanol–water partition coefficient (Wildman–Crippen LogP) is 4.12. The van der Waals surface area contributed by atoms with E-state index >= 15 is 0 Å². The maximum Gasteiger partial charge on any atom is 0.337 e.